The summed E-state index contributed by atoms with van der Waals surface area (Å²) >= 11 is 0. The molecule has 0 spiro atoms. The quantitative estimate of drug-likeness (QED) is 0.401. The summed E-state index contributed by atoms with van der Waals surface area (Å²) < 4.78 is 5.96. The molecule has 4 aliphatic rings. The highest BCUT2D eigenvalue weighted by Gasteiger charge is 2.54. The first-order valence-electron chi connectivity index (χ1n) is 11.8. The number of aromatic amines is 1. The Balaban J connectivity index is 1.35. The van der Waals surface area contributed by atoms with Crippen LogP contribution >= 0.6 is 0 Å². The number of hydrogen-bond acceptors (Lipinski definition) is 8. The van der Waals surface area contributed by atoms with Crippen molar-refractivity contribution in [3.8, 4) is 5.88 Å². The zero-order valence-electron chi connectivity index (χ0n) is 18.8. The lowest BCUT2D eigenvalue weighted by Gasteiger charge is -2.58. The smallest absolute Gasteiger partial charge is 0.228 e. The Morgan fingerprint density at radius 2 is 1.97 bits per heavy atom. The van der Waals surface area contributed by atoms with Crippen LogP contribution in [-0.4, -0.2) is 55.2 Å². The van der Waals surface area contributed by atoms with Crippen LogP contribution in [0.25, 0.3) is 0 Å². The molecule has 2 unspecified atom stereocenters. The van der Waals surface area contributed by atoms with E-state index < -0.39 is 5.60 Å². The summed E-state index contributed by atoms with van der Waals surface area (Å²) in [6.45, 7) is 4.61. The third kappa shape index (κ3) is 4.54. The van der Waals surface area contributed by atoms with Crippen LogP contribution in [0.15, 0.2) is 12.1 Å². The molecule has 0 amide bonds. The molecule has 4 aliphatic carbocycles. The second-order valence-corrected chi connectivity index (χ2v) is 10.3. The van der Waals surface area contributed by atoms with E-state index in [2.05, 4.69) is 25.8 Å². The Morgan fingerprint density at radius 3 is 2.62 bits per heavy atom. The van der Waals surface area contributed by atoms with Gasteiger partial charge in [0.05, 0.1) is 12.2 Å². The number of nitrogens with one attached hydrogen (secondary N) is 3. The number of rotatable bonds is 9. The molecule has 2 aromatic heterocycles. The van der Waals surface area contributed by atoms with Crippen molar-refractivity contribution < 1.29 is 14.9 Å². The minimum atomic E-state index is -0.464. The van der Waals surface area contributed by atoms with E-state index in [0.29, 0.717) is 54.2 Å². The molecule has 3 atom stereocenters. The number of aromatic nitrogens is 4. The maximum absolute atomic E-state index is 10.9. The molecule has 6 rings (SSSR count). The largest absolute Gasteiger partial charge is 0.477 e. The van der Waals surface area contributed by atoms with Gasteiger partial charge in [-0.05, 0) is 69.1 Å². The van der Waals surface area contributed by atoms with Crippen LogP contribution in [0.1, 0.15) is 51.1 Å². The Bertz CT molecular complexity index is 934. The lowest BCUT2D eigenvalue weighted by atomic mass is 9.52. The average Bonchev–Trinajstić information content (AvgIpc) is 3.12. The molecule has 0 radical (unpaired) electrons. The summed E-state index contributed by atoms with van der Waals surface area (Å²) in [5.74, 6) is 4.11. The van der Waals surface area contributed by atoms with Crippen LogP contribution in [-0.2, 0) is 0 Å². The van der Waals surface area contributed by atoms with Crippen molar-refractivity contribution in [3.63, 3.8) is 0 Å². The number of aliphatic hydroxyl groups excluding tert-OH is 1. The molecule has 32 heavy (non-hydrogen) atoms. The van der Waals surface area contributed by atoms with Gasteiger partial charge in [0.2, 0.25) is 11.8 Å². The normalized spacial score (nSPS) is 31.5. The van der Waals surface area contributed by atoms with Crippen molar-refractivity contribution in [2.24, 2.45) is 23.7 Å². The second-order valence-electron chi connectivity index (χ2n) is 10.3. The molecule has 4 fully saturated rings. The fourth-order valence-electron chi connectivity index (χ4n) is 6.14. The van der Waals surface area contributed by atoms with E-state index in [1.807, 2.05) is 19.9 Å². The molecule has 0 aromatic carbocycles. The highest BCUT2D eigenvalue weighted by atomic mass is 16.5. The summed E-state index contributed by atoms with van der Waals surface area (Å²) in [5.41, 5.74) is 0.495. The molecular weight excluding hydrogens is 408 g/mol. The molecule has 0 saturated heterocycles. The fraction of sp³-hybridized carbons (Fsp3) is 0.696. The van der Waals surface area contributed by atoms with Gasteiger partial charge in [0.1, 0.15) is 5.82 Å². The van der Waals surface area contributed by atoms with Crippen LogP contribution in [0.2, 0.25) is 0 Å². The van der Waals surface area contributed by atoms with Gasteiger partial charge in [-0.3, -0.25) is 5.10 Å². The summed E-state index contributed by atoms with van der Waals surface area (Å²) in [6, 6.07) is 3.97. The van der Waals surface area contributed by atoms with E-state index in [-0.39, 0.29) is 18.6 Å². The number of ether oxygens (including phenoxy) is 1. The van der Waals surface area contributed by atoms with Crippen LogP contribution in [0, 0.1) is 30.6 Å². The fourth-order valence-corrected chi connectivity index (χ4v) is 6.14. The highest BCUT2D eigenvalue weighted by Crippen LogP contribution is 2.56. The molecule has 4 bridgehead atoms. The lowest BCUT2D eigenvalue weighted by Crippen LogP contribution is -2.59. The van der Waals surface area contributed by atoms with Crippen molar-refractivity contribution in [1.29, 1.82) is 0 Å². The van der Waals surface area contributed by atoms with Crippen molar-refractivity contribution in [3.05, 3.63) is 17.8 Å². The minimum absolute atomic E-state index is 0.143. The molecule has 174 valence electrons. The molecule has 0 aliphatic heterocycles. The maximum atomic E-state index is 10.9. The first-order chi connectivity index (χ1) is 15.4. The molecule has 9 heteroatoms. The summed E-state index contributed by atoms with van der Waals surface area (Å²) in [6.07, 6.45) is 5.72. The molecule has 2 heterocycles. The van der Waals surface area contributed by atoms with Crippen molar-refractivity contribution >= 4 is 17.6 Å². The van der Waals surface area contributed by atoms with Gasteiger partial charge >= 0.3 is 0 Å². The van der Waals surface area contributed by atoms with E-state index in [9.17, 15) is 5.11 Å². The van der Waals surface area contributed by atoms with Gasteiger partial charge in [-0.15, -0.1) is 0 Å². The first-order valence-corrected chi connectivity index (χ1v) is 11.8. The molecule has 5 N–H and O–H groups in total. The average molecular weight is 443 g/mol. The minimum Gasteiger partial charge on any atom is -0.477 e. The summed E-state index contributed by atoms with van der Waals surface area (Å²) in [4.78, 5) is 9.34. The number of aryl methyl sites for hydroxylation is 1. The van der Waals surface area contributed by atoms with Crippen molar-refractivity contribution in [2.45, 2.75) is 64.0 Å². The first kappa shape index (κ1) is 21.5. The number of H-pyrrole nitrogens is 1. The Hall–Kier alpha value is -2.39. The van der Waals surface area contributed by atoms with Crippen molar-refractivity contribution in [1.82, 2.24) is 20.2 Å². The molecule has 2 aromatic rings. The third-order valence-electron chi connectivity index (χ3n) is 7.34. The van der Waals surface area contributed by atoms with E-state index in [4.69, 9.17) is 14.8 Å². The van der Waals surface area contributed by atoms with Crippen LogP contribution in [0.4, 0.5) is 17.6 Å². The monoisotopic (exact) mass is 442 g/mol. The number of aliphatic hydroxyl groups is 2. The van der Waals surface area contributed by atoms with E-state index in [1.54, 1.807) is 6.07 Å². The summed E-state index contributed by atoms with van der Waals surface area (Å²) in [5, 5.41) is 34.1. The van der Waals surface area contributed by atoms with Gasteiger partial charge in [-0.25, -0.2) is 0 Å². The molecule has 4 saturated carbocycles. The third-order valence-corrected chi connectivity index (χ3v) is 7.34. The zero-order chi connectivity index (χ0) is 22.3. The SMILES string of the molecule is Cc1cc(Nc2cc(OC[C@H](C)CCO)nc(NC3C4CC5CC3CC(O)(C5)C4)n2)n[nH]1. The van der Waals surface area contributed by atoms with Crippen LogP contribution < -0.4 is 15.4 Å². The van der Waals surface area contributed by atoms with Gasteiger partial charge in [-0.2, -0.15) is 15.1 Å². The van der Waals surface area contributed by atoms with E-state index in [1.165, 1.54) is 12.8 Å². The number of nitrogens with zero attached hydrogens (tertiary/aromatic N) is 3. The zero-order valence-corrected chi connectivity index (χ0v) is 18.8. The van der Waals surface area contributed by atoms with Gasteiger partial charge in [0.15, 0.2) is 5.82 Å². The molecular formula is C23H34N6O3. The maximum Gasteiger partial charge on any atom is 0.228 e. The Morgan fingerprint density at radius 1 is 1.19 bits per heavy atom. The van der Waals surface area contributed by atoms with Crippen LogP contribution in [0.3, 0.4) is 0 Å². The Labute approximate surface area is 188 Å². The summed E-state index contributed by atoms with van der Waals surface area (Å²) in [7, 11) is 0. The number of anilines is 3. The number of hydrogen-bond donors (Lipinski definition) is 5. The Kier molecular flexibility index (Phi) is 5.71. The lowest BCUT2D eigenvalue weighted by molar-refractivity contribution is -0.129. The van der Waals surface area contributed by atoms with Crippen LogP contribution in [0.5, 0.6) is 5.88 Å². The van der Waals surface area contributed by atoms with Gasteiger partial charge in [-0.1, -0.05) is 6.92 Å². The molecule has 9 nitrogen and oxygen atoms in total. The standard InChI is InChI=1S/C23H34N6O3/c1-13(3-4-30)12-32-20-8-18(24-19-5-14(2)28-29-19)25-22(26-20)27-21-16-6-15-7-17(21)11-23(31,9-15)10-16/h5,8,13,15-17,21,30-31H,3-4,6-7,9-12H2,1-2H3,(H3,24,25,26,27,28,29)/t13-,15?,16?,17?,21?,23?/m1/s1. The van der Waals surface area contributed by atoms with Crippen molar-refractivity contribution in [2.75, 3.05) is 23.8 Å². The predicted molar refractivity (Wildman–Crippen MR) is 121 cm³/mol. The second kappa shape index (κ2) is 8.51. The van der Waals surface area contributed by atoms with Gasteiger partial charge in [0.25, 0.3) is 0 Å². The topological polar surface area (TPSA) is 128 Å². The van der Waals surface area contributed by atoms with Gasteiger partial charge < -0.3 is 25.6 Å². The highest BCUT2D eigenvalue weighted by molar-refractivity contribution is 5.55. The van der Waals surface area contributed by atoms with E-state index in [0.717, 1.165) is 25.0 Å². The van der Waals surface area contributed by atoms with E-state index >= 15 is 0 Å². The van der Waals surface area contributed by atoms with Gasteiger partial charge in [0, 0.05) is 30.5 Å². The predicted octanol–water partition coefficient (Wildman–Crippen LogP) is 3.00.